The van der Waals surface area contributed by atoms with E-state index in [1.165, 1.54) is 39.2 Å². The highest BCUT2D eigenvalue weighted by atomic mass is 15.2. The minimum atomic E-state index is 0.593. The highest BCUT2D eigenvalue weighted by molar-refractivity contribution is 5.01. The Bertz CT molecular complexity index is 142. The number of nitriles is 1. The van der Waals surface area contributed by atoms with E-state index in [4.69, 9.17) is 5.26 Å². The summed E-state index contributed by atoms with van der Waals surface area (Å²) in [5.74, 6) is 0. The zero-order valence-corrected chi connectivity index (χ0v) is 8.48. The van der Waals surface area contributed by atoms with Crippen LogP contribution in [0.4, 0.5) is 0 Å². The molecule has 2 heteroatoms. The van der Waals surface area contributed by atoms with Gasteiger partial charge in [0.1, 0.15) is 0 Å². The smallest absolute Gasteiger partial charge is 0.0587 e. The van der Waals surface area contributed by atoms with Crippen LogP contribution in [0.1, 0.15) is 46.5 Å². The molecule has 1 aliphatic rings. The molecule has 0 aromatic rings. The van der Waals surface area contributed by atoms with Crippen molar-refractivity contribution in [2.45, 2.75) is 52.0 Å². The minimum absolute atomic E-state index is 0.593. The van der Waals surface area contributed by atoms with E-state index >= 15 is 0 Å². The highest BCUT2D eigenvalue weighted by Gasteiger charge is 2.38. The molecule has 1 fully saturated rings. The number of hydrogen-bond acceptors (Lipinski definition) is 2. The van der Waals surface area contributed by atoms with E-state index in [0.717, 1.165) is 0 Å². The summed E-state index contributed by atoms with van der Waals surface area (Å²) in [5, 5.41) is 10.8. The molecule has 0 bridgehead atoms. The van der Waals surface area contributed by atoms with E-state index in [1.54, 1.807) is 6.07 Å². The average Bonchev–Trinajstić information content (AvgIpc) is 2.83. The fraction of sp³-hybridized carbons (Fsp3) is 0.900. The Kier molecular flexibility index (Phi) is 5.74. The van der Waals surface area contributed by atoms with Gasteiger partial charge in [-0.2, -0.15) is 5.26 Å². The van der Waals surface area contributed by atoms with Gasteiger partial charge in [0.2, 0.25) is 0 Å². The fourth-order valence-electron chi connectivity index (χ4n) is 1.24. The molecule has 0 radical (unpaired) electrons. The topological polar surface area (TPSA) is 45.7 Å². The van der Waals surface area contributed by atoms with Gasteiger partial charge in [-0.25, -0.2) is 0 Å². The fourth-order valence-corrected chi connectivity index (χ4v) is 1.24. The maximum absolute atomic E-state index is 7.32. The number of hydrogen-bond donors (Lipinski definition) is 1. The summed E-state index contributed by atoms with van der Waals surface area (Å²) < 4.78 is 0. The first kappa shape index (κ1) is 11.4. The molecule has 0 aromatic carbocycles. The Morgan fingerprint density at radius 2 is 2.00 bits per heavy atom. The molecule has 1 saturated heterocycles. The van der Waals surface area contributed by atoms with E-state index in [9.17, 15) is 0 Å². The van der Waals surface area contributed by atoms with E-state index < -0.39 is 0 Å². The van der Waals surface area contributed by atoms with Crippen molar-refractivity contribution in [2.24, 2.45) is 0 Å². The Labute approximate surface area is 76.0 Å². The summed E-state index contributed by atoms with van der Waals surface area (Å²) in [7, 11) is 0. The molecule has 1 unspecified atom stereocenters. The first-order valence-electron chi connectivity index (χ1n) is 4.80. The van der Waals surface area contributed by atoms with Gasteiger partial charge in [0, 0.05) is 19.0 Å². The first-order valence-corrected chi connectivity index (χ1v) is 4.80. The molecule has 1 aliphatic heterocycles. The minimum Gasteiger partial charge on any atom is -0.308 e. The van der Waals surface area contributed by atoms with Crippen molar-refractivity contribution in [1.82, 2.24) is 5.32 Å². The molecule has 0 saturated carbocycles. The van der Waals surface area contributed by atoms with Crippen molar-refractivity contribution in [2.75, 3.05) is 6.54 Å². The maximum Gasteiger partial charge on any atom is 0.0587 e. The molecule has 0 aromatic heterocycles. The van der Waals surface area contributed by atoms with E-state index in [-0.39, 0.29) is 0 Å². The second-order valence-corrected chi connectivity index (χ2v) is 3.31. The number of nitrogens with zero attached hydrogens (tertiary/aromatic N) is 1. The van der Waals surface area contributed by atoms with Crippen LogP contribution >= 0.6 is 0 Å². The standard InChI is InChI=1S/C8H17N.C2H3N/c1-3-5-6-8(4-2)7-9-8;1-2-3/h9H,3-7H2,1-2H3;1H3. The third-order valence-corrected chi connectivity index (χ3v) is 2.36. The predicted octanol–water partition coefficient (Wildman–Crippen LogP) is 2.46. The highest BCUT2D eigenvalue weighted by Crippen LogP contribution is 2.27. The molecule has 0 spiro atoms. The zero-order chi connectivity index (χ0) is 9.45. The Morgan fingerprint density at radius 1 is 1.50 bits per heavy atom. The van der Waals surface area contributed by atoms with Gasteiger partial charge < -0.3 is 5.32 Å². The van der Waals surface area contributed by atoms with Crippen LogP contribution in [-0.4, -0.2) is 12.1 Å². The van der Waals surface area contributed by atoms with Crippen molar-refractivity contribution < 1.29 is 0 Å². The molecular formula is C10H20N2. The van der Waals surface area contributed by atoms with Gasteiger partial charge in [-0.3, -0.25) is 0 Å². The van der Waals surface area contributed by atoms with Gasteiger partial charge >= 0.3 is 0 Å². The molecule has 0 aliphatic carbocycles. The Hall–Kier alpha value is -0.550. The molecule has 0 amide bonds. The molecule has 1 N–H and O–H groups in total. The van der Waals surface area contributed by atoms with Crippen LogP contribution < -0.4 is 5.32 Å². The molecule has 12 heavy (non-hydrogen) atoms. The molecule has 1 atom stereocenters. The van der Waals surface area contributed by atoms with Gasteiger partial charge in [-0.1, -0.05) is 26.7 Å². The van der Waals surface area contributed by atoms with Crippen LogP contribution in [0, 0.1) is 11.3 Å². The number of nitrogens with one attached hydrogen (secondary N) is 1. The van der Waals surface area contributed by atoms with Crippen molar-refractivity contribution >= 4 is 0 Å². The number of rotatable bonds is 4. The van der Waals surface area contributed by atoms with Gasteiger partial charge in [-0.05, 0) is 12.8 Å². The van der Waals surface area contributed by atoms with Crippen LogP contribution in [0.5, 0.6) is 0 Å². The van der Waals surface area contributed by atoms with Crippen LogP contribution in [0.2, 0.25) is 0 Å². The Morgan fingerprint density at radius 3 is 2.25 bits per heavy atom. The SMILES string of the molecule is CC#N.CCCCC1(CC)CN1. The van der Waals surface area contributed by atoms with Crippen molar-refractivity contribution in [1.29, 1.82) is 5.26 Å². The predicted molar refractivity (Wildman–Crippen MR) is 51.8 cm³/mol. The summed E-state index contributed by atoms with van der Waals surface area (Å²) in [6, 6.07) is 1.75. The summed E-state index contributed by atoms with van der Waals surface area (Å²) in [5.41, 5.74) is 0.593. The van der Waals surface area contributed by atoms with Crippen LogP contribution in [-0.2, 0) is 0 Å². The van der Waals surface area contributed by atoms with Crippen LogP contribution in [0.25, 0.3) is 0 Å². The number of unbranched alkanes of at least 4 members (excludes halogenated alkanes) is 1. The zero-order valence-electron chi connectivity index (χ0n) is 8.48. The lowest BCUT2D eigenvalue weighted by Gasteiger charge is -2.07. The van der Waals surface area contributed by atoms with Gasteiger partial charge in [0.15, 0.2) is 0 Å². The van der Waals surface area contributed by atoms with Crippen molar-refractivity contribution in [3.05, 3.63) is 0 Å². The van der Waals surface area contributed by atoms with Gasteiger partial charge in [0.05, 0.1) is 6.07 Å². The lowest BCUT2D eigenvalue weighted by molar-refractivity contribution is 0.525. The lowest BCUT2D eigenvalue weighted by atomic mass is 10.00. The van der Waals surface area contributed by atoms with Crippen molar-refractivity contribution in [3.63, 3.8) is 0 Å². The van der Waals surface area contributed by atoms with Gasteiger partial charge in [-0.15, -0.1) is 0 Å². The summed E-state index contributed by atoms with van der Waals surface area (Å²) in [4.78, 5) is 0. The van der Waals surface area contributed by atoms with E-state index in [2.05, 4.69) is 19.2 Å². The summed E-state index contributed by atoms with van der Waals surface area (Å²) >= 11 is 0. The summed E-state index contributed by atoms with van der Waals surface area (Å²) in [6.07, 6.45) is 5.43. The largest absolute Gasteiger partial charge is 0.308 e. The summed E-state index contributed by atoms with van der Waals surface area (Å²) in [6.45, 7) is 7.23. The van der Waals surface area contributed by atoms with Crippen molar-refractivity contribution in [3.8, 4) is 6.07 Å². The quantitative estimate of drug-likeness (QED) is 0.655. The van der Waals surface area contributed by atoms with Gasteiger partial charge in [0.25, 0.3) is 0 Å². The third kappa shape index (κ3) is 4.35. The van der Waals surface area contributed by atoms with E-state index in [0.29, 0.717) is 5.54 Å². The molecule has 1 heterocycles. The lowest BCUT2D eigenvalue weighted by Crippen LogP contribution is -2.12. The second-order valence-electron chi connectivity index (χ2n) is 3.31. The second kappa shape index (κ2) is 6.02. The van der Waals surface area contributed by atoms with E-state index in [1.807, 2.05) is 0 Å². The monoisotopic (exact) mass is 168 g/mol. The van der Waals surface area contributed by atoms with Crippen LogP contribution in [0.15, 0.2) is 0 Å². The molecule has 70 valence electrons. The third-order valence-electron chi connectivity index (χ3n) is 2.36. The van der Waals surface area contributed by atoms with Crippen LogP contribution in [0.3, 0.4) is 0 Å². The normalized spacial score (nSPS) is 25.2. The average molecular weight is 168 g/mol. The molecule has 1 rings (SSSR count). The maximum atomic E-state index is 7.32. The first-order chi connectivity index (χ1) is 5.74. The molecular weight excluding hydrogens is 148 g/mol. The molecule has 2 nitrogen and oxygen atoms in total. The Balaban J connectivity index is 0.000000354.